The van der Waals surface area contributed by atoms with E-state index in [4.69, 9.17) is 5.11 Å². The van der Waals surface area contributed by atoms with Gasteiger partial charge in [0.25, 0.3) is 0 Å². The maximum absolute atomic E-state index is 11.5. The average Bonchev–Trinajstić information content (AvgIpc) is 2.17. The van der Waals surface area contributed by atoms with Crippen LogP contribution in [0.5, 0.6) is 0 Å². The molecule has 0 spiro atoms. The first-order valence-corrected chi connectivity index (χ1v) is 5.21. The van der Waals surface area contributed by atoms with Gasteiger partial charge in [-0.25, -0.2) is 0 Å². The summed E-state index contributed by atoms with van der Waals surface area (Å²) in [6.07, 6.45) is 3.83. The van der Waals surface area contributed by atoms with E-state index < -0.39 is 5.97 Å². The summed E-state index contributed by atoms with van der Waals surface area (Å²) in [6.45, 7) is 0.639. The summed E-state index contributed by atoms with van der Waals surface area (Å²) in [6, 6.07) is 0.200. The highest BCUT2D eigenvalue weighted by atomic mass is 16.4. The first kappa shape index (κ1) is 9.49. The van der Waals surface area contributed by atoms with Crippen LogP contribution in [-0.2, 0) is 9.59 Å². The maximum Gasteiger partial charge on any atom is 0.306 e. The summed E-state index contributed by atoms with van der Waals surface area (Å²) in [5.74, 6) is -0.727. The van der Waals surface area contributed by atoms with Crippen LogP contribution in [0.1, 0.15) is 32.1 Å². The quantitative estimate of drug-likeness (QED) is 0.678. The van der Waals surface area contributed by atoms with E-state index in [1.807, 2.05) is 4.90 Å². The zero-order valence-corrected chi connectivity index (χ0v) is 8.11. The molecule has 2 rings (SSSR count). The Morgan fingerprint density at radius 1 is 1.43 bits per heavy atom. The second-order valence-electron chi connectivity index (χ2n) is 4.19. The van der Waals surface area contributed by atoms with Crippen LogP contribution in [0.25, 0.3) is 0 Å². The number of amides is 1. The van der Waals surface area contributed by atoms with Gasteiger partial charge in [0.1, 0.15) is 0 Å². The number of aliphatic carboxylic acids is 1. The van der Waals surface area contributed by atoms with Crippen molar-refractivity contribution in [2.75, 3.05) is 6.54 Å². The van der Waals surface area contributed by atoms with E-state index in [-0.39, 0.29) is 17.9 Å². The lowest BCUT2D eigenvalue weighted by Gasteiger charge is -2.41. The normalized spacial score (nSPS) is 32.6. The molecule has 2 unspecified atom stereocenters. The lowest BCUT2D eigenvalue weighted by molar-refractivity contribution is -0.149. The molecule has 0 saturated carbocycles. The number of hydrogen-bond donors (Lipinski definition) is 1. The third-order valence-corrected chi connectivity index (χ3v) is 3.31. The molecule has 2 fully saturated rings. The summed E-state index contributed by atoms with van der Waals surface area (Å²) < 4.78 is 0. The van der Waals surface area contributed by atoms with E-state index >= 15 is 0 Å². The van der Waals surface area contributed by atoms with E-state index in [0.29, 0.717) is 25.8 Å². The molecule has 4 heteroatoms. The number of carboxylic acid groups (broad SMARTS) is 1. The van der Waals surface area contributed by atoms with Gasteiger partial charge in [0.15, 0.2) is 0 Å². The zero-order valence-electron chi connectivity index (χ0n) is 8.11. The van der Waals surface area contributed by atoms with Crippen molar-refractivity contribution >= 4 is 11.9 Å². The number of piperidine rings is 2. The van der Waals surface area contributed by atoms with Gasteiger partial charge in [-0.2, -0.15) is 0 Å². The first-order valence-electron chi connectivity index (χ1n) is 5.21. The molecule has 2 saturated heterocycles. The van der Waals surface area contributed by atoms with Crippen LogP contribution in [-0.4, -0.2) is 34.5 Å². The summed E-state index contributed by atoms with van der Waals surface area (Å²) >= 11 is 0. The van der Waals surface area contributed by atoms with Gasteiger partial charge in [0.2, 0.25) is 5.91 Å². The van der Waals surface area contributed by atoms with Crippen molar-refractivity contribution in [2.24, 2.45) is 5.92 Å². The topological polar surface area (TPSA) is 57.6 Å². The van der Waals surface area contributed by atoms with E-state index in [9.17, 15) is 9.59 Å². The van der Waals surface area contributed by atoms with Crippen LogP contribution in [0, 0.1) is 5.92 Å². The Hall–Kier alpha value is -1.06. The van der Waals surface area contributed by atoms with Gasteiger partial charge in [0, 0.05) is 19.0 Å². The van der Waals surface area contributed by atoms with Crippen LogP contribution < -0.4 is 0 Å². The zero-order chi connectivity index (χ0) is 10.1. The number of carboxylic acids is 1. The fourth-order valence-corrected chi connectivity index (χ4v) is 2.51. The van der Waals surface area contributed by atoms with E-state index in [2.05, 4.69) is 0 Å². The Morgan fingerprint density at radius 3 is 2.93 bits per heavy atom. The van der Waals surface area contributed by atoms with Gasteiger partial charge in [-0.15, -0.1) is 0 Å². The summed E-state index contributed by atoms with van der Waals surface area (Å²) in [5, 5.41) is 8.89. The molecule has 2 heterocycles. The van der Waals surface area contributed by atoms with E-state index in [1.54, 1.807) is 0 Å². The smallest absolute Gasteiger partial charge is 0.306 e. The molecule has 0 aromatic heterocycles. The number of hydrogen-bond acceptors (Lipinski definition) is 2. The Morgan fingerprint density at radius 2 is 2.21 bits per heavy atom. The van der Waals surface area contributed by atoms with Crippen LogP contribution in [0.2, 0.25) is 0 Å². The molecule has 2 aliphatic heterocycles. The predicted octanol–water partition coefficient (Wildman–Crippen LogP) is 0.862. The standard InChI is InChI=1S/C10H15NO3/c12-9-3-1-2-8-6-7(10(13)14)4-5-11(8)9/h7-8H,1-6H2,(H,13,14). The predicted molar refractivity (Wildman–Crippen MR) is 49.7 cm³/mol. The van der Waals surface area contributed by atoms with Crippen molar-refractivity contribution < 1.29 is 14.7 Å². The summed E-state index contributed by atoms with van der Waals surface area (Å²) in [4.78, 5) is 24.2. The summed E-state index contributed by atoms with van der Waals surface area (Å²) in [7, 11) is 0. The highest BCUT2D eigenvalue weighted by molar-refractivity contribution is 5.78. The van der Waals surface area contributed by atoms with Crippen LogP contribution in [0.15, 0.2) is 0 Å². The molecule has 0 aromatic carbocycles. The second-order valence-corrected chi connectivity index (χ2v) is 4.19. The van der Waals surface area contributed by atoms with E-state index in [1.165, 1.54) is 0 Å². The average molecular weight is 197 g/mol. The lowest BCUT2D eigenvalue weighted by atomic mass is 9.86. The van der Waals surface area contributed by atoms with E-state index in [0.717, 1.165) is 12.8 Å². The van der Waals surface area contributed by atoms with Gasteiger partial charge in [0.05, 0.1) is 5.92 Å². The Kier molecular flexibility index (Phi) is 2.44. The maximum atomic E-state index is 11.5. The minimum absolute atomic E-state index is 0.200. The van der Waals surface area contributed by atoms with Gasteiger partial charge in [-0.3, -0.25) is 9.59 Å². The first-order chi connectivity index (χ1) is 6.68. The molecule has 14 heavy (non-hydrogen) atoms. The van der Waals surface area contributed by atoms with Crippen molar-refractivity contribution in [1.29, 1.82) is 0 Å². The highest BCUT2D eigenvalue weighted by Crippen LogP contribution is 2.30. The molecule has 0 aromatic rings. The molecule has 1 N–H and O–H groups in total. The summed E-state index contributed by atoms with van der Waals surface area (Å²) in [5.41, 5.74) is 0. The van der Waals surface area contributed by atoms with Crippen molar-refractivity contribution in [2.45, 2.75) is 38.1 Å². The van der Waals surface area contributed by atoms with Crippen LogP contribution in [0.4, 0.5) is 0 Å². The number of carbonyl (C=O) groups is 2. The SMILES string of the molecule is O=C(O)C1CCN2C(=O)CCCC2C1. The van der Waals surface area contributed by atoms with Gasteiger partial charge >= 0.3 is 5.97 Å². The number of fused-ring (bicyclic) bond motifs is 1. The molecule has 4 nitrogen and oxygen atoms in total. The largest absolute Gasteiger partial charge is 0.481 e. The second kappa shape index (κ2) is 3.59. The lowest BCUT2D eigenvalue weighted by Crippen LogP contribution is -2.49. The molecular weight excluding hydrogens is 182 g/mol. The fourth-order valence-electron chi connectivity index (χ4n) is 2.51. The minimum atomic E-state index is -0.706. The Balaban J connectivity index is 2.03. The van der Waals surface area contributed by atoms with Crippen molar-refractivity contribution in [3.8, 4) is 0 Å². The number of rotatable bonds is 1. The van der Waals surface area contributed by atoms with Crippen LogP contribution in [0.3, 0.4) is 0 Å². The number of nitrogens with zero attached hydrogens (tertiary/aromatic N) is 1. The molecule has 1 amide bonds. The fraction of sp³-hybridized carbons (Fsp3) is 0.800. The molecule has 2 aliphatic rings. The molecular formula is C10H15NO3. The molecule has 78 valence electrons. The Bertz CT molecular complexity index is 264. The third-order valence-electron chi connectivity index (χ3n) is 3.31. The molecule has 0 bridgehead atoms. The highest BCUT2D eigenvalue weighted by Gasteiger charge is 2.36. The van der Waals surface area contributed by atoms with Crippen molar-refractivity contribution in [3.63, 3.8) is 0 Å². The third kappa shape index (κ3) is 1.61. The Labute approximate surface area is 82.9 Å². The monoisotopic (exact) mass is 197 g/mol. The minimum Gasteiger partial charge on any atom is -0.481 e. The van der Waals surface area contributed by atoms with Crippen LogP contribution >= 0.6 is 0 Å². The molecule has 0 aliphatic carbocycles. The van der Waals surface area contributed by atoms with Crippen molar-refractivity contribution in [3.05, 3.63) is 0 Å². The molecule has 2 atom stereocenters. The van der Waals surface area contributed by atoms with Crippen molar-refractivity contribution in [1.82, 2.24) is 4.90 Å². The van der Waals surface area contributed by atoms with Gasteiger partial charge in [-0.05, 0) is 25.7 Å². The molecule has 0 radical (unpaired) electrons. The van der Waals surface area contributed by atoms with Gasteiger partial charge in [-0.1, -0.05) is 0 Å². The van der Waals surface area contributed by atoms with Gasteiger partial charge < -0.3 is 10.0 Å². The number of carbonyl (C=O) groups excluding carboxylic acids is 1.